The number of aldehydes is 1. The normalized spacial score (nSPS) is 14.6. The summed E-state index contributed by atoms with van der Waals surface area (Å²) in [5, 5.41) is 20.9. The molecular weight excluding hydrogens is 630 g/mol. The van der Waals surface area contributed by atoms with Crippen LogP contribution in [0.25, 0.3) is 10.9 Å². The van der Waals surface area contributed by atoms with Crippen molar-refractivity contribution in [3.63, 3.8) is 0 Å². The fraction of sp³-hybridized carbons (Fsp3) is 0.324. The van der Waals surface area contributed by atoms with Gasteiger partial charge in [0.05, 0.1) is 34.3 Å². The number of nitrogens with zero attached hydrogens (tertiary/aromatic N) is 1. The van der Waals surface area contributed by atoms with Crippen LogP contribution in [0.5, 0.6) is 5.75 Å². The number of allylic oxidation sites excluding steroid dienone is 2. The largest absolute Gasteiger partial charge is 0.505 e. The second-order valence-corrected chi connectivity index (χ2v) is 11.4. The van der Waals surface area contributed by atoms with Crippen molar-refractivity contribution in [1.29, 1.82) is 0 Å². The van der Waals surface area contributed by atoms with Gasteiger partial charge in [0.15, 0.2) is 11.5 Å². The van der Waals surface area contributed by atoms with E-state index in [0.717, 1.165) is 18.4 Å². The van der Waals surface area contributed by atoms with E-state index < -0.39 is 29.7 Å². The molecule has 3 aromatic rings. The smallest absolute Gasteiger partial charge is 0.339 e. The van der Waals surface area contributed by atoms with Gasteiger partial charge < -0.3 is 24.5 Å². The standard InChI is InChI=1S/C34H34BrNO8/c1-3-4-11-22(44-34(42)25-13-6-5-12-24(25)33(40)41)19-43-18-21-10-9-15-23(20(21)2)31(38)27(17-37)30-32(39)29(35)26-14-7-8-16-28(26)36-30/h5-8,10,12-14,16-17,22,27,39H,3-4,9,11,15,18-19H2,1-2H3,(H,40,41). The molecule has 2 N–H and O–H groups in total. The lowest BCUT2D eigenvalue weighted by Crippen LogP contribution is -2.26. The van der Waals surface area contributed by atoms with Gasteiger partial charge in [0.25, 0.3) is 0 Å². The Kier molecular flexibility index (Phi) is 11.2. The number of halogens is 1. The summed E-state index contributed by atoms with van der Waals surface area (Å²) in [5.74, 6) is -3.91. The number of benzene rings is 2. The third-order valence-corrected chi connectivity index (χ3v) is 8.46. The van der Waals surface area contributed by atoms with E-state index in [0.29, 0.717) is 52.1 Å². The number of unbranched alkanes of at least 4 members (excludes halogenated alkanes) is 1. The molecule has 0 spiro atoms. The van der Waals surface area contributed by atoms with E-state index in [4.69, 9.17) is 9.47 Å². The number of pyridine rings is 1. The maximum Gasteiger partial charge on any atom is 0.339 e. The van der Waals surface area contributed by atoms with E-state index >= 15 is 0 Å². The quantitative estimate of drug-likeness (QED) is 0.109. The molecule has 0 amide bonds. The number of ether oxygens (including phenoxy) is 2. The number of fused-ring (bicyclic) bond motifs is 1. The number of carbonyl (C=O) groups excluding carboxylic acids is 3. The number of aromatic carboxylic acids is 1. The number of ketones is 1. The average Bonchev–Trinajstić information content (AvgIpc) is 3.03. The molecule has 0 radical (unpaired) electrons. The average molecular weight is 665 g/mol. The summed E-state index contributed by atoms with van der Waals surface area (Å²) in [7, 11) is 0. The Labute approximate surface area is 263 Å². The van der Waals surface area contributed by atoms with Gasteiger partial charge in [-0.15, -0.1) is 0 Å². The van der Waals surface area contributed by atoms with Crippen LogP contribution in [-0.2, 0) is 19.1 Å². The van der Waals surface area contributed by atoms with Crippen LogP contribution in [0, 0.1) is 0 Å². The van der Waals surface area contributed by atoms with Crippen molar-refractivity contribution < 1.29 is 38.9 Å². The fourth-order valence-corrected chi connectivity index (χ4v) is 5.74. The van der Waals surface area contributed by atoms with Gasteiger partial charge in [-0.3, -0.25) is 4.79 Å². The molecule has 44 heavy (non-hydrogen) atoms. The summed E-state index contributed by atoms with van der Waals surface area (Å²) in [6, 6.07) is 13.0. The summed E-state index contributed by atoms with van der Waals surface area (Å²) in [5.41, 5.74) is 2.30. The van der Waals surface area contributed by atoms with Crippen molar-refractivity contribution in [2.45, 2.75) is 58.0 Å². The van der Waals surface area contributed by atoms with Crippen LogP contribution in [0.3, 0.4) is 0 Å². The molecule has 0 aliphatic heterocycles. The van der Waals surface area contributed by atoms with Gasteiger partial charge in [-0.2, -0.15) is 0 Å². The van der Waals surface area contributed by atoms with Crippen molar-refractivity contribution >= 4 is 50.8 Å². The number of para-hydroxylation sites is 1. The van der Waals surface area contributed by atoms with E-state index in [1.54, 1.807) is 43.3 Å². The Morgan fingerprint density at radius 3 is 2.50 bits per heavy atom. The molecular formula is C34H34BrNO8. The van der Waals surface area contributed by atoms with Crippen LogP contribution in [0.4, 0.5) is 0 Å². The summed E-state index contributed by atoms with van der Waals surface area (Å²) in [4.78, 5) is 54.8. The molecule has 2 atom stereocenters. The van der Waals surface area contributed by atoms with Gasteiger partial charge >= 0.3 is 11.9 Å². The van der Waals surface area contributed by atoms with Crippen LogP contribution in [0.1, 0.15) is 78.3 Å². The minimum absolute atomic E-state index is 0.00622. The Morgan fingerprint density at radius 2 is 1.80 bits per heavy atom. The maximum atomic E-state index is 13.7. The molecule has 4 rings (SSSR count). The first kappa shape index (κ1) is 32.8. The van der Waals surface area contributed by atoms with Crippen LogP contribution in [0.15, 0.2) is 75.8 Å². The van der Waals surface area contributed by atoms with Crippen molar-refractivity contribution in [3.8, 4) is 5.75 Å². The van der Waals surface area contributed by atoms with E-state index in [1.165, 1.54) is 12.1 Å². The number of aromatic nitrogens is 1. The molecule has 1 heterocycles. The first-order valence-electron chi connectivity index (χ1n) is 14.4. The lowest BCUT2D eigenvalue weighted by molar-refractivity contribution is -0.121. The molecule has 2 aromatic carbocycles. The van der Waals surface area contributed by atoms with Gasteiger partial charge in [-0.25, -0.2) is 14.6 Å². The number of Topliss-reactive ketones (excluding diaryl/α,β-unsaturated/α-hetero) is 1. The molecule has 230 valence electrons. The monoisotopic (exact) mass is 663 g/mol. The number of aromatic hydroxyl groups is 1. The zero-order valence-electron chi connectivity index (χ0n) is 24.5. The zero-order chi connectivity index (χ0) is 31.8. The molecule has 9 nitrogen and oxygen atoms in total. The minimum atomic E-state index is -1.28. The van der Waals surface area contributed by atoms with E-state index in [2.05, 4.69) is 20.9 Å². The number of carboxylic acids is 1. The summed E-state index contributed by atoms with van der Waals surface area (Å²) >= 11 is 3.38. The molecule has 10 heteroatoms. The predicted octanol–water partition coefficient (Wildman–Crippen LogP) is 6.72. The maximum absolute atomic E-state index is 13.7. The Morgan fingerprint density at radius 1 is 1.09 bits per heavy atom. The first-order chi connectivity index (χ1) is 21.2. The van der Waals surface area contributed by atoms with Gasteiger partial charge in [0.1, 0.15) is 24.0 Å². The Hall–Kier alpha value is -4.15. The van der Waals surface area contributed by atoms with Crippen molar-refractivity contribution in [3.05, 3.63) is 92.6 Å². The molecule has 0 saturated carbocycles. The molecule has 0 fully saturated rings. The van der Waals surface area contributed by atoms with Gasteiger partial charge in [0, 0.05) is 5.39 Å². The van der Waals surface area contributed by atoms with Crippen LogP contribution < -0.4 is 0 Å². The SMILES string of the molecule is CCCCC(COCC1=CCCC(C(=O)C(C=O)c2nc3ccccc3c(Br)c2O)=C1C)OC(=O)c1ccccc1C(=O)O. The second kappa shape index (κ2) is 15.0. The summed E-state index contributed by atoms with van der Waals surface area (Å²) in [6.45, 7) is 4.03. The van der Waals surface area contributed by atoms with Crippen LogP contribution >= 0.6 is 15.9 Å². The molecule has 0 saturated heterocycles. The van der Waals surface area contributed by atoms with Crippen molar-refractivity contribution in [2.24, 2.45) is 0 Å². The van der Waals surface area contributed by atoms with Crippen molar-refractivity contribution in [2.75, 3.05) is 13.2 Å². The third kappa shape index (κ3) is 7.31. The number of esters is 1. The third-order valence-electron chi connectivity index (χ3n) is 7.65. The number of carbonyl (C=O) groups is 4. The van der Waals surface area contributed by atoms with Crippen LogP contribution in [0.2, 0.25) is 0 Å². The predicted molar refractivity (Wildman–Crippen MR) is 168 cm³/mol. The van der Waals surface area contributed by atoms with E-state index in [-0.39, 0.29) is 35.8 Å². The topological polar surface area (TPSA) is 140 Å². The van der Waals surface area contributed by atoms with Crippen molar-refractivity contribution in [1.82, 2.24) is 4.98 Å². The first-order valence-corrected chi connectivity index (χ1v) is 15.2. The zero-order valence-corrected chi connectivity index (χ0v) is 26.1. The molecule has 1 aliphatic carbocycles. The van der Waals surface area contributed by atoms with Gasteiger partial charge in [-0.1, -0.05) is 49.8 Å². The molecule has 0 bridgehead atoms. The highest BCUT2D eigenvalue weighted by molar-refractivity contribution is 9.10. The number of hydrogen-bond acceptors (Lipinski definition) is 8. The van der Waals surface area contributed by atoms with E-state index in [9.17, 15) is 29.4 Å². The fourth-order valence-electron chi connectivity index (χ4n) is 5.21. The Balaban J connectivity index is 1.47. The minimum Gasteiger partial charge on any atom is -0.505 e. The lowest BCUT2D eigenvalue weighted by Gasteiger charge is -2.23. The highest BCUT2D eigenvalue weighted by Crippen LogP contribution is 2.39. The number of hydrogen-bond donors (Lipinski definition) is 2. The molecule has 1 aliphatic rings. The molecule has 2 unspecified atom stereocenters. The summed E-state index contributed by atoms with van der Waals surface area (Å²) < 4.78 is 12.0. The highest BCUT2D eigenvalue weighted by Gasteiger charge is 2.31. The van der Waals surface area contributed by atoms with Crippen LogP contribution in [-0.4, -0.2) is 58.5 Å². The highest BCUT2D eigenvalue weighted by atomic mass is 79.9. The number of carboxylic acid groups (broad SMARTS) is 1. The van der Waals surface area contributed by atoms with Gasteiger partial charge in [0.2, 0.25) is 0 Å². The molecule has 1 aromatic heterocycles. The Bertz CT molecular complexity index is 1640. The van der Waals surface area contributed by atoms with Gasteiger partial charge in [-0.05, 0) is 83.5 Å². The number of rotatable bonds is 14. The second-order valence-electron chi connectivity index (χ2n) is 10.6. The summed E-state index contributed by atoms with van der Waals surface area (Å²) in [6.07, 6.45) is 5.05. The van der Waals surface area contributed by atoms with E-state index in [1.807, 2.05) is 13.0 Å². The lowest BCUT2D eigenvalue weighted by atomic mass is 9.84.